The molecule has 0 aliphatic carbocycles. The van der Waals surface area contributed by atoms with E-state index in [1.54, 1.807) is 0 Å². The normalized spacial score (nSPS) is 10.8. The number of rotatable bonds is 5. The van der Waals surface area contributed by atoms with Gasteiger partial charge in [-0.1, -0.05) is 36.4 Å². The summed E-state index contributed by atoms with van der Waals surface area (Å²) in [5.41, 5.74) is 6.70. The van der Waals surface area contributed by atoms with E-state index in [-0.39, 0.29) is 6.42 Å². The number of benzene rings is 2. The minimum Gasteiger partial charge on any atom is -0.481 e. The van der Waals surface area contributed by atoms with Gasteiger partial charge in [0.1, 0.15) is 0 Å². The first-order valence-corrected chi connectivity index (χ1v) is 8.11. The van der Waals surface area contributed by atoms with Crippen molar-refractivity contribution in [3.8, 4) is 16.9 Å². The van der Waals surface area contributed by atoms with Crippen molar-refractivity contribution in [1.82, 2.24) is 4.57 Å². The monoisotopic (exact) mass is 319 g/mol. The zero-order chi connectivity index (χ0) is 17.1. The fourth-order valence-electron chi connectivity index (χ4n) is 3.13. The summed E-state index contributed by atoms with van der Waals surface area (Å²) in [6.45, 7) is 4.16. The van der Waals surface area contributed by atoms with Gasteiger partial charge in [0.15, 0.2) is 0 Å². The van der Waals surface area contributed by atoms with Gasteiger partial charge in [-0.25, -0.2) is 0 Å². The van der Waals surface area contributed by atoms with Crippen LogP contribution in [-0.2, 0) is 11.2 Å². The van der Waals surface area contributed by atoms with Gasteiger partial charge in [-0.2, -0.15) is 0 Å². The summed E-state index contributed by atoms with van der Waals surface area (Å²) >= 11 is 0. The predicted octanol–water partition coefficient (Wildman–Crippen LogP) is 4.78. The molecular formula is C21H21NO2. The number of carboxylic acid groups (broad SMARTS) is 1. The molecule has 3 nitrogen and oxygen atoms in total. The first-order chi connectivity index (χ1) is 11.5. The highest BCUT2D eigenvalue weighted by Crippen LogP contribution is 2.28. The second kappa shape index (κ2) is 6.75. The third-order valence-electron chi connectivity index (χ3n) is 4.09. The highest BCUT2D eigenvalue weighted by molar-refractivity contribution is 5.68. The van der Waals surface area contributed by atoms with Crippen molar-refractivity contribution in [3.63, 3.8) is 0 Å². The van der Waals surface area contributed by atoms with Gasteiger partial charge >= 0.3 is 5.97 Å². The summed E-state index contributed by atoms with van der Waals surface area (Å²) in [5, 5.41) is 9.04. The summed E-state index contributed by atoms with van der Waals surface area (Å²) in [6, 6.07) is 20.7. The SMILES string of the molecule is Cc1cc(C)cc(-n2c(CCC(=O)O)ccc2-c2ccccc2)c1. The van der Waals surface area contributed by atoms with Crippen LogP contribution in [-0.4, -0.2) is 15.6 Å². The van der Waals surface area contributed by atoms with Gasteiger partial charge in [-0.3, -0.25) is 4.79 Å². The maximum Gasteiger partial charge on any atom is 0.303 e. The molecule has 0 spiro atoms. The Bertz CT molecular complexity index is 843. The van der Waals surface area contributed by atoms with E-state index >= 15 is 0 Å². The molecule has 1 heterocycles. The van der Waals surface area contributed by atoms with Crippen molar-refractivity contribution >= 4 is 5.97 Å². The van der Waals surface area contributed by atoms with Gasteiger partial charge in [-0.05, 0) is 61.2 Å². The molecule has 0 aliphatic rings. The molecule has 0 saturated carbocycles. The first kappa shape index (κ1) is 16.1. The second-order valence-corrected chi connectivity index (χ2v) is 6.15. The number of hydrogen-bond acceptors (Lipinski definition) is 1. The van der Waals surface area contributed by atoms with Crippen LogP contribution in [0.1, 0.15) is 23.2 Å². The molecule has 0 saturated heterocycles. The van der Waals surface area contributed by atoms with E-state index in [1.807, 2.05) is 24.3 Å². The fraction of sp³-hybridized carbons (Fsp3) is 0.190. The third-order valence-corrected chi connectivity index (χ3v) is 4.09. The molecule has 0 radical (unpaired) electrons. The van der Waals surface area contributed by atoms with E-state index < -0.39 is 5.97 Å². The Morgan fingerprint density at radius 1 is 0.958 bits per heavy atom. The van der Waals surface area contributed by atoms with E-state index in [9.17, 15) is 4.79 Å². The highest BCUT2D eigenvalue weighted by atomic mass is 16.4. The Labute approximate surface area is 142 Å². The Kier molecular flexibility index (Phi) is 4.52. The summed E-state index contributed by atoms with van der Waals surface area (Å²) in [7, 11) is 0. The van der Waals surface area contributed by atoms with E-state index in [4.69, 9.17) is 5.11 Å². The number of nitrogens with zero attached hydrogens (tertiary/aromatic N) is 1. The molecule has 0 bridgehead atoms. The first-order valence-electron chi connectivity index (χ1n) is 8.11. The van der Waals surface area contributed by atoms with Crippen LogP contribution in [0.4, 0.5) is 0 Å². The standard InChI is InChI=1S/C21H21NO2/c1-15-12-16(2)14-19(13-15)22-18(9-11-21(23)24)8-10-20(22)17-6-4-3-5-7-17/h3-8,10,12-14H,9,11H2,1-2H3,(H,23,24). The number of carboxylic acids is 1. The van der Waals surface area contributed by atoms with E-state index in [0.717, 1.165) is 22.6 Å². The molecular weight excluding hydrogens is 298 g/mol. The maximum atomic E-state index is 11.0. The largest absolute Gasteiger partial charge is 0.481 e. The van der Waals surface area contributed by atoms with E-state index in [2.05, 4.69) is 54.8 Å². The van der Waals surface area contributed by atoms with Gasteiger partial charge in [0, 0.05) is 11.4 Å². The van der Waals surface area contributed by atoms with Crippen LogP contribution < -0.4 is 0 Å². The topological polar surface area (TPSA) is 42.2 Å². The molecule has 0 amide bonds. The third kappa shape index (κ3) is 3.40. The van der Waals surface area contributed by atoms with Crippen molar-refractivity contribution in [2.45, 2.75) is 26.7 Å². The van der Waals surface area contributed by atoms with E-state index in [0.29, 0.717) is 6.42 Å². The van der Waals surface area contributed by atoms with Crippen molar-refractivity contribution in [1.29, 1.82) is 0 Å². The molecule has 1 N–H and O–H groups in total. The molecule has 122 valence electrons. The van der Waals surface area contributed by atoms with Gasteiger partial charge in [0.25, 0.3) is 0 Å². The molecule has 3 aromatic rings. The zero-order valence-electron chi connectivity index (χ0n) is 14.0. The maximum absolute atomic E-state index is 11.0. The number of hydrogen-bond donors (Lipinski definition) is 1. The highest BCUT2D eigenvalue weighted by Gasteiger charge is 2.13. The van der Waals surface area contributed by atoms with E-state index in [1.165, 1.54) is 11.1 Å². The minimum atomic E-state index is -0.774. The minimum absolute atomic E-state index is 0.128. The molecule has 24 heavy (non-hydrogen) atoms. The van der Waals surface area contributed by atoms with Gasteiger partial charge < -0.3 is 9.67 Å². The fourth-order valence-corrected chi connectivity index (χ4v) is 3.13. The van der Waals surface area contributed by atoms with Crippen LogP contribution in [0, 0.1) is 13.8 Å². The lowest BCUT2D eigenvalue weighted by atomic mass is 10.1. The molecule has 0 aliphatic heterocycles. The number of aliphatic carboxylic acids is 1. The summed E-state index contributed by atoms with van der Waals surface area (Å²) < 4.78 is 2.18. The van der Waals surface area contributed by atoms with Crippen LogP contribution in [0.25, 0.3) is 16.9 Å². The summed E-state index contributed by atoms with van der Waals surface area (Å²) in [4.78, 5) is 11.0. The number of aryl methyl sites for hydroxylation is 3. The smallest absolute Gasteiger partial charge is 0.303 e. The van der Waals surface area contributed by atoms with Crippen LogP contribution >= 0.6 is 0 Å². The predicted molar refractivity (Wildman–Crippen MR) is 96.6 cm³/mol. The molecule has 3 rings (SSSR count). The lowest BCUT2D eigenvalue weighted by Gasteiger charge is -2.15. The van der Waals surface area contributed by atoms with Gasteiger partial charge in [0.05, 0.1) is 12.1 Å². The van der Waals surface area contributed by atoms with Crippen LogP contribution in [0.15, 0.2) is 60.7 Å². The second-order valence-electron chi connectivity index (χ2n) is 6.15. The van der Waals surface area contributed by atoms with Crippen molar-refractivity contribution < 1.29 is 9.90 Å². The Morgan fingerprint density at radius 3 is 2.25 bits per heavy atom. The van der Waals surface area contributed by atoms with Crippen LogP contribution in [0.2, 0.25) is 0 Å². The van der Waals surface area contributed by atoms with Crippen molar-refractivity contribution in [2.24, 2.45) is 0 Å². The average Bonchev–Trinajstić information content (AvgIpc) is 2.96. The average molecular weight is 319 g/mol. The quantitative estimate of drug-likeness (QED) is 0.735. The molecule has 0 fully saturated rings. The van der Waals surface area contributed by atoms with Gasteiger partial charge in [-0.15, -0.1) is 0 Å². The zero-order valence-corrected chi connectivity index (χ0v) is 14.0. The lowest BCUT2D eigenvalue weighted by Crippen LogP contribution is -2.06. The number of carbonyl (C=O) groups is 1. The Balaban J connectivity index is 2.15. The Hall–Kier alpha value is -2.81. The lowest BCUT2D eigenvalue weighted by molar-refractivity contribution is -0.136. The van der Waals surface area contributed by atoms with Crippen molar-refractivity contribution in [2.75, 3.05) is 0 Å². The summed E-state index contributed by atoms with van der Waals surface area (Å²) in [6.07, 6.45) is 0.637. The summed E-state index contributed by atoms with van der Waals surface area (Å²) in [5.74, 6) is -0.774. The number of aromatic nitrogens is 1. The van der Waals surface area contributed by atoms with Crippen LogP contribution in [0.3, 0.4) is 0 Å². The van der Waals surface area contributed by atoms with Crippen LogP contribution in [0.5, 0.6) is 0 Å². The molecule has 0 atom stereocenters. The Morgan fingerprint density at radius 2 is 1.62 bits per heavy atom. The molecule has 1 aromatic heterocycles. The molecule has 2 aromatic carbocycles. The van der Waals surface area contributed by atoms with Gasteiger partial charge in [0.2, 0.25) is 0 Å². The molecule has 3 heteroatoms. The van der Waals surface area contributed by atoms with Crippen molar-refractivity contribution in [3.05, 3.63) is 77.5 Å². The molecule has 0 unspecified atom stereocenters.